The summed E-state index contributed by atoms with van der Waals surface area (Å²) >= 11 is 0. The van der Waals surface area contributed by atoms with Crippen LogP contribution in [0.5, 0.6) is 11.6 Å². The molecule has 0 bridgehead atoms. The van der Waals surface area contributed by atoms with E-state index in [0.717, 1.165) is 0 Å². The minimum atomic E-state index is -4.85. The van der Waals surface area contributed by atoms with Gasteiger partial charge in [0.2, 0.25) is 5.88 Å². The molecule has 1 aliphatic rings. The predicted octanol–water partition coefficient (Wildman–Crippen LogP) is -0.415. The van der Waals surface area contributed by atoms with Gasteiger partial charge in [0.1, 0.15) is 18.0 Å². The van der Waals surface area contributed by atoms with Crippen LogP contribution in [0.2, 0.25) is 0 Å². The van der Waals surface area contributed by atoms with Gasteiger partial charge in [-0.25, -0.2) is 9.55 Å². The average Bonchev–Trinajstić information content (AvgIpc) is 3.46. The largest absolute Gasteiger partial charge is 0.494 e. The van der Waals surface area contributed by atoms with Gasteiger partial charge >= 0.3 is 7.82 Å². The van der Waals surface area contributed by atoms with Crippen molar-refractivity contribution in [2.45, 2.75) is 19.7 Å². The molecule has 2 aromatic heterocycles. The number of aromatic nitrogens is 2. The number of amides is 2. The van der Waals surface area contributed by atoms with Gasteiger partial charge in [-0.3, -0.25) is 18.9 Å². The molecule has 18 heteroatoms. The number of methoxy groups -OCH3 is 2. The molecule has 1 aromatic carbocycles. The van der Waals surface area contributed by atoms with E-state index in [2.05, 4.69) is 9.51 Å². The molecule has 46 heavy (non-hydrogen) atoms. The van der Waals surface area contributed by atoms with E-state index in [4.69, 9.17) is 40.3 Å². The molecule has 0 spiro atoms. The van der Waals surface area contributed by atoms with Crippen LogP contribution in [-0.2, 0) is 20.6 Å². The molecule has 17 nitrogen and oxygen atoms in total. The van der Waals surface area contributed by atoms with Crippen molar-refractivity contribution in [1.29, 1.82) is 0 Å². The number of nitrogens with zero attached hydrogens (tertiary/aromatic N) is 4. The number of rotatable bonds is 11. The van der Waals surface area contributed by atoms with E-state index in [1.54, 1.807) is 29.2 Å². The first kappa shape index (κ1) is 38.3. The normalized spacial score (nSPS) is 13.4. The van der Waals surface area contributed by atoms with Gasteiger partial charge in [0.15, 0.2) is 0 Å². The molecule has 0 unspecified atom stereocenters. The summed E-state index contributed by atoms with van der Waals surface area (Å²) in [6, 6.07) is 8.78. The number of pyridine rings is 1. The summed E-state index contributed by atoms with van der Waals surface area (Å²) in [5.74, 6) is -1.63. The lowest BCUT2D eigenvalue weighted by Crippen LogP contribution is -2.52. The van der Waals surface area contributed by atoms with Crippen molar-refractivity contribution in [3.8, 4) is 11.6 Å². The second kappa shape index (κ2) is 16.6. The third-order valence-electron chi connectivity index (χ3n) is 6.86. The van der Waals surface area contributed by atoms with Gasteiger partial charge in [0.25, 0.3) is 17.6 Å². The fourth-order valence-electron chi connectivity index (χ4n) is 4.28. The van der Waals surface area contributed by atoms with Gasteiger partial charge in [-0.1, -0.05) is 25.6 Å². The number of nitrogens with two attached hydrogens (primary N) is 1. The van der Waals surface area contributed by atoms with Gasteiger partial charge in [0, 0.05) is 37.9 Å². The van der Waals surface area contributed by atoms with E-state index in [0.29, 0.717) is 5.56 Å². The first-order chi connectivity index (χ1) is 21.3. The number of phosphoric ester groups is 1. The second-order valence-corrected chi connectivity index (χ2v) is 11.2. The number of ether oxygens (including phenoxy) is 2. The minimum Gasteiger partial charge on any atom is -0.494 e. The third kappa shape index (κ3) is 9.08. The Morgan fingerprint density at radius 2 is 1.52 bits per heavy atom. The number of phosphoric acid groups is 1. The Balaban J connectivity index is 0.000000725. The van der Waals surface area contributed by atoms with Crippen molar-refractivity contribution < 1.29 is 58.1 Å². The third-order valence-corrected chi connectivity index (χ3v) is 7.31. The molecule has 254 valence electrons. The van der Waals surface area contributed by atoms with Crippen LogP contribution in [-0.4, -0.2) is 128 Å². The van der Waals surface area contributed by atoms with Crippen LogP contribution in [0.4, 0.5) is 0 Å². The van der Waals surface area contributed by atoms with Gasteiger partial charge in [-0.2, -0.15) is 0 Å². The lowest BCUT2D eigenvalue weighted by molar-refractivity contribution is -0.127. The average molecular weight is 670 g/mol. The Morgan fingerprint density at radius 1 is 0.957 bits per heavy atom. The van der Waals surface area contributed by atoms with Crippen LogP contribution < -0.4 is 15.2 Å². The zero-order valence-electron chi connectivity index (χ0n) is 24.6. The molecule has 2 amide bonds. The molecule has 1 aliphatic heterocycles. The van der Waals surface area contributed by atoms with Crippen LogP contribution in [0, 0.1) is 0 Å². The van der Waals surface area contributed by atoms with Crippen molar-refractivity contribution in [3.05, 3.63) is 53.9 Å². The van der Waals surface area contributed by atoms with Crippen LogP contribution in [0.15, 0.2) is 42.7 Å². The van der Waals surface area contributed by atoms with E-state index in [9.17, 15) is 18.9 Å². The number of aliphatic hydroxyl groups is 3. The number of carbonyl (C=O) groups is 3. The molecule has 3 heterocycles. The highest BCUT2D eigenvalue weighted by Crippen LogP contribution is 2.39. The molecule has 7 N–H and O–H groups in total. The van der Waals surface area contributed by atoms with E-state index in [-0.39, 0.29) is 67.6 Å². The number of fused-ring (bicyclic) bond motifs is 1. The maximum atomic E-state index is 13.4. The summed E-state index contributed by atoms with van der Waals surface area (Å²) in [5.41, 5.74) is 4.56. The summed E-state index contributed by atoms with van der Waals surface area (Å²) in [4.78, 5) is 64.6. The standard InChI is InChI=1S/C23H25N4O9P.C4H11NO3.CH4/c1-34-17-12-24-21(35-2)19-18(17)16(13-27(19)14-36-37(31,32)33)20(28)23(30)26-10-8-25(9-11-26)22(29)15-6-4-3-5-7-15;5-4(1-6,2-7)3-8;/h3-7,12-13H,8-11,14H2,1-2H3,(H2,31,32,33);6-8H,1-3,5H2;1H4. The fourth-order valence-corrected chi connectivity index (χ4v) is 4.55. The molecular weight excluding hydrogens is 629 g/mol. The van der Waals surface area contributed by atoms with Crippen LogP contribution >= 0.6 is 7.82 Å². The number of carbonyl (C=O) groups excluding carboxylic acids is 3. The molecule has 0 saturated carbocycles. The number of piperazine rings is 1. The first-order valence-electron chi connectivity index (χ1n) is 13.4. The molecule has 1 fully saturated rings. The summed E-state index contributed by atoms with van der Waals surface area (Å²) in [7, 11) is -2.16. The smallest absolute Gasteiger partial charge is 0.471 e. The number of benzene rings is 1. The number of hydrogen-bond acceptors (Lipinski definition) is 12. The molecular formula is C28H40N5O12P. The molecule has 0 aliphatic carbocycles. The molecule has 1 saturated heterocycles. The highest BCUT2D eigenvalue weighted by atomic mass is 31.2. The Hall–Kier alpha value is -3.93. The lowest BCUT2D eigenvalue weighted by Gasteiger charge is -2.34. The Labute approximate surface area is 264 Å². The van der Waals surface area contributed by atoms with E-state index in [1.165, 1.54) is 36.1 Å². The molecule has 3 aromatic rings. The summed E-state index contributed by atoms with van der Waals surface area (Å²) in [6.45, 7) is -1.03. The molecule has 0 atom stereocenters. The predicted molar refractivity (Wildman–Crippen MR) is 164 cm³/mol. The van der Waals surface area contributed by atoms with Gasteiger partial charge < -0.3 is 54.7 Å². The van der Waals surface area contributed by atoms with E-state index >= 15 is 0 Å². The quantitative estimate of drug-likeness (QED) is 0.0863. The van der Waals surface area contributed by atoms with Gasteiger partial charge in [-0.05, 0) is 12.1 Å². The van der Waals surface area contributed by atoms with Gasteiger partial charge in [0.05, 0.1) is 56.7 Å². The number of hydrogen-bond donors (Lipinski definition) is 6. The Bertz CT molecular complexity index is 1520. The zero-order chi connectivity index (χ0) is 33.4. The summed E-state index contributed by atoms with van der Waals surface area (Å²) in [5, 5.41) is 25.2. The Kier molecular flexibility index (Phi) is 13.8. The minimum absolute atomic E-state index is 0. The maximum absolute atomic E-state index is 13.4. The van der Waals surface area contributed by atoms with Crippen LogP contribution in [0.1, 0.15) is 28.1 Å². The van der Waals surface area contributed by atoms with Crippen molar-refractivity contribution >= 4 is 36.3 Å². The van der Waals surface area contributed by atoms with Crippen molar-refractivity contribution in [3.63, 3.8) is 0 Å². The summed E-state index contributed by atoms with van der Waals surface area (Å²) < 4.78 is 27.7. The number of aliphatic hydroxyl groups excluding tert-OH is 3. The van der Waals surface area contributed by atoms with Gasteiger partial charge in [-0.15, -0.1) is 0 Å². The fraction of sp³-hybridized carbons (Fsp3) is 0.429. The highest BCUT2D eigenvalue weighted by Gasteiger charge is 2.32. The lowest BCUT2D eigenvalue weighted by atomic mass is 10.1. The SMILES string of the molecule is C.COc1cnc(OC)c2c1c(C(=O)C(=O)N1CCN(C(=O)c3ccccc3)CC1)cn2COP(=O)(O)O.NC(CO)(CO)CO. The monoisotopic (exact) mass is 669 g/mol. The summed E-state index contributed by atoms with van der Waals surface area (Å²) in [6.07, 6.45) is 2.55. The van der Waals surface area contributed by atoms with Crippen LogP contribution in [0.3, 0.4) is 0 Å². The highest BCUT2D eigenvalue weighted by molar-refractivity contribution is 7.46. The zero-order valence-corrected chi connectivity index (χ0v) is 25.5. The van der Waals surface area contributed by atoms with E-state index < -0.39 is 51.6 Å². The topological polar surface area (TPSA) is 247 Å². The maximum Gasteiger partial charge on any atom is 0.471 e. The van der Waals surface area contributed by atoms with E-state index in [1.807, 2.05) is 6.07 Å². The van der Waals surface area contributed by atoms with Crippen molar-refractivity contribution in [2.75, 3.05) is 60.2 Å². The number of ketones is 1. The number of Topliss-reactive ketones (excluding diaryl/α,β-unsaturated/α-hetero) is 1. The molecule has 4 rings (SSSR count). The van der Waals surface area contributed by atoms with Crippen LogP contribution in [0.25, 0.3) is 10.9 Å². The molecule has 0 radical (unpaired) electrons. The first-order valence-corrected chi connectivity index (χ1v) is 14.9. The second-order valence-electron chi connectivity index (χ2n) is 9.94. The van der Waals surface area contributed by atoms with Crippen molar-refractivity contribution in [1.82, 2.24) is 19.4 Å². The Morgan fingerprint density at radius 3 is 2.00 bits per heavy atom. The van der Waals surface area contributed by atoms with Crippen molar-refractivity contribution in [2.24, 2.45) is 5.73 Å².